The lowest BCUT2D eigenvalue weighted by atomic mass is 10.1. The highest BCUT2D eigenvalue weighted by molar-refractivity contribution is 5.93. The van der Waals surface area contributed by atoms with Crippen molar-refractivity contribution in [2.24, 2.45) is 0 Å². The smallest absolute Gasteiger partial charge is 0.341 e. The van der Waals surface area contributed by atoms with Crippen LogP contribution >= 0.6 is 0 Å². The predicted molar refractivity (Wildman–Crippen MR) is 81.2 cm³/mol. The molecule has 2 aromatic rings. The number of hydrogen-bond donors (Lipinski definition) is 3. The number of nitrogens with zero attached hydrogens (tertiary/aromatic N) is 1. The average Bonchev–Trinajstić information content (AvgIpc) is 2.47. The Morgan fingerprint density at radius 3 is 2.95 bits per heavy atom. The number of rotatable bonds is 2. The zero-order valence-corrected chi connectivity index (χ0v) is 11.7. The van der Waals surface area contributed by atoms with Gasteiger partial charge in [0, 0.05) is 42.9 Å². The number of fused-ring (bicyclic) bond motifs is 1. The standard InChI is InChI=1S/C15H17N3O3/c1-9-8-18(5-4-16-9)10-2-3-11-13(6-10)17-7-12(14(11)19)15(20)21/h2-3,6-7,9,16H,4-5,8H2,1H3,(H,17,19)(H,20,21). The van der Waals surface area contributed by atoms with E-state index < -0.39 is 11.4 Å². The first-order chi connectivity index (χ1) is 10.1. The summed E-state index contributed by atoms with van der Waals surface area (Å²) >= 11 is 0. The number of aromatic carboxylic acids is 1. The van der Waals surface area contributed by atoms with Crippen LogP contribution in [-0.2, 0) is 0 Å². The molecular formula is C15H17N3O3. The summed E-state index contributed by atoms with van der Waals surface area (Å²) in [6, 6.07) is 5.90. The first kappa shape index (κ1) is 13.6. The van der Waals surface area contributed by atoms with Gasteiger partial charge in [0.2, 0.25) is 5.43 Å². The summed E-state index contributed by atoms with van der Waals surface area (Å²) in [4.78, 5) is 28.2. The molecule has 1 unspecified atom stereocenters. The molecular weight excluding hydrogens is 270 g/mol. The van der Waals surface area contributed by atoms with E-state index in [2.05, 4.69) is 22.1 Å². The summed E-state index contributed by atoms with van der Waals surface area (Å²) in [6.07, 6.45) is 1.26. The lowest BCUT2D eigenvalue weighted by Gasteiger charge is -2.33. The van der Waals surface area contributed by atoms with E-state index in [-0.39, 0.29) is 5.56 Å². The van der Waals surface area contributed by atoms with Crippen molar-refractivity contribution in [3.05, 3.63) is 40.2 Å². The zero-order valence-electron chi connectivity index (χ0n) is 11.7. The number of carbonyl (C=O) groups is 1. The van der Waals surface area contributed by atoms with Gasteiger partial charge in [0.05, 0.1) is 5.52 Å². The van der Waals surface area contributed by atoms with Gasteiger partial charge >= 0.3 is 5.97 Å². The number of pyridine rings is 1. The first-order valence-corrected chi connectivity index (χ1v) is 6.93. The first-order valence-electron chi connectivity index (χ1n) is 6.93. The minimum atomic E-state index is -1.21. The molecule has 110 valence electrons. The van der Waals surface area contributed by atoms with Crippen molar-refractivity contribution >= 4 is 22.6 Å². The van der Waals surface area contributed by atoms with Gasteiger partial charge < -0.3 is 20.3 Å². The summed E-state index contributed by atoms with van der Waals surface area (Å²) in [5.74, 6) is -1.21. The van der Waals surface area contributed by atoms with Crippen LogP contribution in [0.15, 0.2) is 29.2 Å². The molecule has 1 aromatic heterocycles. The third-order valence-electron chi connectivity index (χ3n) is 3.83. The summed E-state index contributed by atoms with van der Waals surface area (Å²) < 4.78 is 0. The number of carboxylic acid groups (broad SMARTS) is 1. The van der Waals surface area contributed by atoms with Crippen LogP contribution in [0, 0.1) is 0 Å². The van der Waals surface area contributed by atoms with Gasteiger partial charge in [-0.2, -0.15) is 0 Å². The maximum Gasteiger partial charge on any atom is 0.341 e. The largest absolute Gasteiger partial charge is 0.477 e. The third kappa shape index (κ3) is 2.50. The minimum absolute atomic E-state index is 0.231. The SMILES string of the molecule is CC1CN(c2ccc3c(=O)c(C(=O)O)c[nH]c3c2)CCN1. The Labute approximate surface area is 121 Å². The monoisotopic (exact) mass is 287 g/mol. The fraction of sp³-hybridized carbons (Fsp3) is 0.333. The quantitative estimate of drug-likeness (QED) is 0.768. The Morgan fingerprint density at radius 1 is 1.43 bits per heavy atom. The number of carboxylic acids is 1. The molecule has 1 aliphatic rings. The van der Waals surface area contributed by atoms with Gasteiger partial charge in [-0.1, -0.05) is 0 Å². The fourth-order valence-corrected chi connectivity index (χ4v) is 2.73. The number of aromatic amines is 1. The van der Waals surface area contributed by atoms with Gasteiger partial charge in [-0.05, 0) is 25.1 Å². The highest BCUT2D eigenvalue weighted by atomic mass is 16.4. The Morgan fingerprint density at radius 2 is 2.24 bits per heavy atom. The van der Waals surface area contributed by atoms with Crippen molar-refractivity contribution in [1.82, 2.24) is 10.3 Å². The molecule has 6 nitrogen and oxygen atoms in total. The number of anilines is 1. The molecule has 1 aromatic carbocycles. The molecule has 3 N–H and O–H groups in total. The molecule has 1 atom stereocenters. The van der Waals surface area contributed by atoms with Gasteiger partial charge in [0.25, 0.3) is 0 Å². The molecule has 3 rings (SSSR count). The average molecular weight is 287 g/mol. The van der Waals surface area contributed by atoms with Crippen molar-refractivity contribution < 1.29 is 9.90 Å². The van der Waals surface area contributed by atoms with Crippen LogP contribution in [0.2, 0.25) is 0 Å². The number of nitrogens with one attached hydrogen (secondary N) is 2. The van der Waals surface area contributed by atoms with Crippen LogP contribution in [0.4, 0.5) is 5.69 Å². The molecule has 0 saturated carbocycles. The molecule has 0 bridgehead atoms. The van der Waals surface area contributed by atoms with E-state index in [9.17, 15) is 9.59 Å². The number of hydrogen-bond acceptors (Lipinski definition) is 4. The predicted octanol–water partition coefficient (Wildman–Crippen LogP) is 1.02. The van der Waals surface area contributed by atoms with Gasteiger partial charge in [-0.3, -0.25) is 4.79 Å². The number of benzene rings is 1. The van der Waals surface area contributed by atoms with Crippen LogP contribution in [0.3, 0.4) is 0 Å². The zero-order chi connectivity index (χ0) is 15.0. The Bertz CT molecular complexity index is 753. The van der Waals surface area contributed by atoms with E-state index in [1.54, 1.807) is 6.07 Å². The fourth-order valence-electron chi connectivity index (χ4n) is 2.73. The van der Waals surface area contributed by atoms with Crippen molar-refractivity contribution in [3.63, 3.8) is 0 Å². The van der Waals surface area contributed by atoms with Gasteiger partial charge in [0.1, 0.15) is 5.56 Å². The summed E-state index contributed by atoms with van der Waals surface area (Å²) in [5.41, 5.74) is 1.02. The molecule has 0 aliphatic carbocycles. The summed E-state index contributed by atoms with van der Waals surface area (Å²) in [7, 11) is 0. The third-order valence-corrected chi connectivity index (χ3v) is 3.83. The van der Waals surface area contributed by atoms with E-state index in [4.69, 9.17) is 5.11 Å². The van der Waals surface area contributed by atoms with Crippen LogP contribution < -0.4 is 15.6 Å². The molecule has 1 fully saturated rings. The Hall–Kier alpha value is -2.34. The Balaban J connectivity index is 2.03. The highest BCUT2D eigenvalue weighted by Crippen LogP contribution is 2.20. The number of aromatic nitrogens is 1. The van der Waals surface area contributed by atoms with Gasteiger partial charge in [-0.15, -0.1) is 0 Å². The maximum absolute atomic E-state index is 12.1. The topological polar surface area (TPSA) is 85.4 Å². The second-order valence-electron chi connectivity index (χ2n) is 5.37. The second-order valence-corrected chi connectivity index (χ2v) is 5.37. The van der Waals surface area contributed by atoms with Crippen molar-refractivity contribution in [2.75, 3.05) is 24.5 Å². The van der Waals surface area contributed by atoms with Crippen molar-refractivity contribution in [3.8, 4) is 0 Å². The lowest BCUT2D eigenvalue weighted by Crippen LogP contribution is -2.49. The molecule has 0 spiro atoms. The van der Waals surface area contributed by atoms with E-state index in [0.29, 0.717) is 16.9 Å². The van der Waals surface area contributed by atoms with Crippen LogP contribution in [-0.4, -0.2) is 41.7 Å². The van der Waals surface area contributed by atoms with E-state index in [1.807, 2.05) is 12.1 Å². The highest BCUT2D eigenvalue weighted by Gasteiger charge is 2.17. The molecule has 1 saturated heterocycles. The van der Waals surface area contributed by atoms with Gasteiger partial charge in [0.15, 0.2) is 0 Å². The van der Waals surface area contributed by atoms with E-state index >= 15 is 0 Å². The number of H-pyrrole nitrogens is 1. The lowest BCUT2D eigenvalue weighted by molar-refractivity contribution is 0.0695. The van der Waals surface area contributed by atoms with E-state index in [1.165, 1.54) is 6.20 Å². The molecule has 0 amide bonds. The van der Waals surface area contributed by atoms with Crippen molar-refractivity contribution in [2.45, 2.75) is 13.0 Å². The van der Waals surface area contributed by atoms with Crippen LogP contribution in [0.5, 0.6) is 0 Å². The van der Waals surface area contributed by atoms with Crippen LogP contribution in [0.25, 0.3) is 10.9 Å². The summed E-state index contributed by atoms with van der Waals surface area (Å²) in [5, 5.41) is 12.8. The minimum Gasteiger partial charge on any atom is -0.477 e. The molecule has 1 aliphatic heterocycles. The molecule has 2 heterocycles. The van der Waals surface area contributed by atoms with E-state index in [0.717, 1.165) is 25.3 Å². The van der Waals surface area contributed by atoms with Gasteiger partial charge in [-0.25, -0.2) is 4.79 Å². The van der Waals surface area contributed by atoms with Crippen LogP contribution in [0.1, 0.15) is 17.3 Å². The Kier molecular flexibility index (Phi) is 3.39. The van der Waals surface area contributed by atoms with Crippen molar-refractivity contribution in [1.29, 1.82) is 0 Å². The second kappa shape index (κ2) is 5.21. The summed E-state index contributed by atoms with van der Waals surface area (Å²) in [6.45, 7) is 4.87. The normalized spacial score (nSPS) is 18.9. The molecule has 6 heteroatoms. The molecule has 21 heavy (non-hydrogen) atoms. The maximum atomic E-state index is 12.1. The number of piperazine rings is 1. The molecule has 0 radical (unpaired) electrons.